The number of ketones is 1. The van der Waals surface area contributed by atoms with E-state index in [1.165, 1.54) is 5.56 Å². The molecule has 0 bridgehead atoms. The third kappa shape index (κ3) is 3.38. The van der Waals surface area contributed by atoms with Crippen molar-refractivity contribution in [3.8, 4) is 0 Å². The van der Waals surface area contributed by atoms with Crippen molar-refractivity contribution in [2.45, 2.75) is 20.3 Å². The zero-order valence-corrected chi connectivity index (χ0v) is 9.79. The van der Waals surface area contributed by atoms with Gasteiger partial charge in [0.1, 0.15) is 5.78 Å². The zero-order valence-electron chi connectivity index (χ0n) is 9.79. The minimum absolute atomic E-state index is 0.159. The van der Waals surface area contributed by atoms with Crippen molar-refractivity contribution in [2.24, 2.45) is 0 Å². The highest BCUT2D eigenvalue weighted by Gasteiger charge is 2.06. The molecule has 0 atom stereocenters. The first-order valence-electron chi connectivity index (χ1n) is 5.25. The van der Waals surface area contributed by atoms with Gasteiger partial charge in [-0.1, -0.05) is 36.9 Å². The molecule has 0 heterocycles. The van der Waals surface area contributed by atoms with Crippen molar-refractivity contribution in [1.29, 1.82) is 0 Å². The van der Waals surface area contributed by atoms with Crippen molar-refractivity contribution in [3.05, 3.63) is 59.9 Å². The molecule has 82 valence electrons. The van der Waals surface area contributed by atoms with E-state index in [2.05, 4.69) is 12.3 Å². The molecule has 0 N–H and O–H groups in total. The maximum atomic E-state index is 11.2. The number of carbonyl (C=O) groups excluding carboxylic acids is 1. The van der Waals surface area contributed by atoms with Crippen molar-refractivity contribution < 1.29 is 4.79 Å². The van der Waals surface area contributed by atoms with Crippen LogP contribution in [0.2, 0.25) is 0 Å². The van der Waals surface area contributed by atoms with Crippen molar-refractivity contribution >= 4 is 11.4 Å². The predicted molar refractivity (Wildman–Crippen MR) is 68.2 cm³/mol. The Morgan fingerprint density at radius 3 is 2.69 bits per heavy atom. The van der Waals surface area contributed by atoms with Crippen LogP contribution in [-0.2, 0) is 4.79 Å². The fraction of sp³-hybridized carbons (Fsp3) is 0.200. The highest BCUT2D eigenvalue weighted by Crippen LogP contribution is 2.22. The first-order valence-corrected chi connectivity index (χ1v) is 5.25. The molecule has 1 nitrogen and oxygen atoms in total. The second kappa shape index (κ2) is 5.89. The lowest BCUT2D eigenvalue weighted by Crippen LogP contribution is -1.95. The van der Waals surface area contributed by atoms with E-state index in [-0.39, 0.29) is 5.78 Å². The van der Waals surface area contributed by atoms with Crippen LogP contribution in [0, 0.1) is 6.92 Å². The van der Waals surface area contributed by atoms with Crippen LogP contribution in [0.1, 0.15) is 24.5 Å². The van der Waals surface area contributed by atoms with Gasteiger partial charge in [-0.25, -0.2) is 0 Å². The van der Waals surface area contributed by atoms with Crippen LogP contribution in [0.3, 0.4) is 0 Å². The third-order valence-corrected chi connectivity index (χ3v) is 2.33. The van der Waals surface area contributed by atoms with Gasteiger partial charge in [0.05, 0.1) is 0 Å². The maximum absolute atomic E-state index is 11.2. The summed E-state index contributed by atoms with van der Waals surface area (Å²) >= 11 is 0. The number of benzene rings is 1. The van der Waals surface area contributed by atoms with E-state index in [4.69, 9.17) is 0 Å². The fourth-order valence-corrected chi connectivity index (χ4v) is 1.60. The molecular formula is C15H16O. The van der Waals surface area contributed by atoms with Crippen LogP contribution in [0.15, 0.2) is 48.7 Å². The molecule has 0 aromatic heterocycles. The van der Waals surface area contributed by atoms with Crippen LogP contribution in [0.25, 0.3) is 5.57 Å². The van der Waals surface area contributed by atoms with Crippen molar-refractivity contribution in [3.63, 3.8) is 0 Å². The second-order valence-corrected chi connectivity index (χ2v) is 3.76. The van der Waals surface area contributed by atoms with Gasteiger partial charge in [0.25, 0.3) is 0 Å². The molecule has 0 aliphatic rings. The lowest BCUT2D eigenvalue weighted by molar-refractivity contribution is -0.116. The van der Waals surface area contributed by atoms with E-state index in [9.17, 15) is 4.79 Å². The topological polar surface area (TPSA) is 17.1 Å². The Hall–Kier alpha value is -1.85. The van der Waals surface area contributed by atoms with Gasteiger partial charge in [0.15, 0.2) is 0 Å². The van der Waals surface area contributed by atoms with Gasteiger partial charge in [-0.3, -0.25) is 4.79 Å². The Balaban J connectivity index is 3.16. The summed E-state index contributed by atoms with van der Waals surface area (Å²) in [6, 6.07) is 8.05. The summed E-state index contributed by atoms with van der Waals surface area (Å²) in [5.41, 5.74) is 6.00. The smallest absolute Gasteiger partial charge is 0.134 e. The van der Waals surface area contributed by atoms with E-state index < -0.39 is 0 Å². The van der Waals surface area contributed by atoms with Crippen LogP contribution in [-0.4, -0.2) is 5.78 Å². The Kier molecular flexibility index (Phi) is 4.50. The Bertz CT molecular complexity index is 460. The van der Waals surface area contributed by atoms with E-state index in [1.807, 2.05) is 37.3 Å². The summed E-state index contributed by atoms with van der Waals surface area (Å²) in [6.07, 6.45) is 4.09. The number of carbonyl (C=O) groups is 1. The van der Waals surface area contributed by atoms with E-state index in [0.29, 0.717) is 6.42 Å². The SMILES string of the molecule is C=C=CC=C(CC(C)=O)c1ccccc1C. The molecule has 0 fully saturated rings. The summed E-state index contributed by atoms with van der Waals surface area (Å²) in [7, 11) is 0. The minimum Gasteiger partial charge on any atom is -0.300 e. The van der Waals surface area contributed by atoms with E-state index >= 15 is 0 Å². The summed E-state index contributed by atoms with van der Waals surface area (Å²) in [6.45, 7) is 7.16. The molecule has 0 amide bonds. The highest BCUT2D eigenvalue weighted by molar-refractivity contribution is 5.89. The van der Waals surface area contributed by atoms with Crippen LogP contribution >= 0.6 is 0 Å². The molecule has 1 aromatic rings. The molecule has 0 radical (unpaired) electrons. The first-order chi connectivity index (χ1) is 7.65. The lowest BCUT2D eigenvalue weighted by Gasteiger charge is -2.08. The summed E-state index contributed by atoms with van der Waals surface area (Å²) in [5.74, 6) is 0.159. The number of allylic oxidation sites excluding steroid dienone is 3. The molecule has 0 saturated carbocycles. The van der Waals surface area contributed by atoms with Gasteiger partial charge in [0.2, 0.25) is 0 Å². The predicted octanol–water partition coefficient (Wildman–Crippen LogP) is 3.70. The van der Waals surface area contributed by atoms with Gasteiger partial charge in [0, 0.05) is 6.42 Å². The normalized spacial score (nSPS) is 10.8. The molecule has 0 aliphatic carbocycles. The largest absolute Gasteiger partial charge is 0.300 e. The number of hydrogen-bond acceptors (Lipinski definition) is 1. The maximum Gasteiger partial charge on any atom is 0.134 e. The van der Waals surface area contributed by atoms with Crippen molar-refractivity contribution in [2.75, 3.05) is 0 Å². The highest BCUT2D eigenvalue weighted by atomic mass is 16.1. The Morgan fingerprint density at radius 1 is 1.44 bits per heavy atom. The van der Waals surface area contributed by atoms with Crippen molar-refractivity contribution in [1.82, 2.24) is 0 Å². The first kappa shape index (κ1) is 12.2. The van der Waals surface area contributed by atoms with Gasteiger partial charge < -0.3 is 0 Å². The average molecular weight is 212 g/mol. The molecule has 1 rings (SSSR count). The minimum atomic E-state index is 0.159. The van der Waals surface area contributed by atoms with Crippen LogP contribution in [0.5, 0.6) is 0 Å². The number of aryl methyl sites for hydroxylation is 1. The van der Waals surface area contributed by atoms with E-state index in [0.717, 1.165) is 11.1 Å². The third-order valence-electron chi connectivity index (χ3n) is 2.33. The molecular weight excluding hydrogens is 196 g/mol. The summed E-state index contributed by atoms with van der Waals surface area (Å²) in [4.78, 5) is 11.2. The Morgan fingerprint density at radius 2 is 2.12 bits per heavy atom. The Labute approximate surface area is 96.8 Å². The molecule has 0 unspecified atom stereocenters. The zero-order chi connectivity index (χ0) is 12.0. The molecule has 0 spiro atoms. The van der Waals surface area contributed by atoms with Crippen LogP contribution in [0.4, 0.5) is 0 Å². The average Bonchev–Trinajstić information content (AvgIpc) is 2.24. The molecule has 16 heavy (non-hydrogen) atoms. The second-order valence-electron chi connectivity index (χ2n) is 3.76. The van der Waals surface area contributed by atoms with E-state index in [1.54, 1.807) is 13.0 Å². The number of Topliss-reactive ketones (excluding diaryl/α,β-unsaturated/α-hetero) is 1. The number of rotatable bonds is 4. The quantitative estimate of drug-likeness (QED) is 0.549. The van der Waals surface area contributed by atoms with Gasteiger partial charge in [-0.15, -0.1) is 5.73 Å². The molecule has 0 aliphatic heterocycles. The van der Waals surface area contributed by atoms with Gasteiger partial charge in [-0.2, -0.15) is 0 Å². The summed E-state index contributed by atoms with van der Waals surface area (Å²) in [5, 5.41) is 0. The summed E-state index contributed by atoms with van der Waals surface area (Å²) < 4.78 is 0. The van der Waals surface area contributed by atoms with Gasteiger partial charge in [-0.05, 0) is 36.6 Å². The molecule has 0 saturated heterocycles. The molecule has 1 heteroatoms. The van der Waals surface area contributed by atoms with Gasteiger partial charge >= 0.3 is 0 Å². The monoisotopic (exact) mass is 212 g/mol. The fourth-order valence-electron chi connectivity index (χ4n) is 1.60. The lowest BCUT2D eigenvalue weighted by atomic mass is 9.96. The molecule has 1 aromatic carbocycles. The standard InChI is InChI=1S/C15H16O/c1-4-5-9-14(11-13(3)16)15-10-7-6-8-12(15)2/h5-10H,1,11H2,2-3H3. The number of hydrogen-bond donors (Lipinski definition) is 0. The van der Waals surface area contributed by atoms with Crippen LogP contribution < -0.4 is 0 Å².